The molecule has 0 saturated heterocycles. The smallest absolute Gasteiger partial charge is 0.268 e. The van der Waals surface area contributed by atoms with Crippen LogP contribution in [0.25, 0.3) is 10.9 Å². The Morgan fingerprint density at radius 3 is 2.33 bits per heavy atom. The van der Waals surface area contributed by atoms with Gasteiger partial charge in [-0.1, -0.05) is 48.0 Å². The van der Waals surface area contributed by atoms with Crippen LogP contribution in [-0.4, -0.2) is 17.5 Å². The molecule has 3 aromatic rings. The van der Waals surface area contributed by atoms with Gasteiger partial charge in [-0.2, -0.15) is 0 Å². The first kappa shape index (κ1) is 16.5. The van der Waals surface area contributed by atoms with E-state index in [1.165, 1.54) is 3.97 Å². The van der Waals surface area contributed by atoms with E-state index in [2.05, 4.69) is 0 Å². The summed E-state index contributed by atoms with van der Waals surface area (Å²) in [5, 5.41) is 11.3. The minimum Gasteiger partial charge on any atom is -0.383 e. The first-order valence-corrected chi connectivity index (χ1v) is 9.09. The van der Waals surface area contributed by atoms with Crippen molar-refractivity contribution in [2.24, 2.45) is 0 Å². The fourth-order valence-corrected chi connectivity index (χ4v) is 4.30. The number of allylic oxidation sites excluding steroid dienone is 1. The van der Waals surface area contributed by atoms with Crippen molar-refractivity contribution >= 4 is 20.9 Å². The van der Waals surface area contributed by atoms with Gasteiger partial charge in [-0.3, -0.25) is 0 Å². The summed E-state index contributed by atoms with van der Waals surface area (Å²) in [7, 11) is -3.81. The molecule has 0 fully saturated rings. The molecular weight excluding hydrogens is 322 g/mol. The number of hydrogen-bond donors (Lipinski definition) is 1. The number of aromatic nitrogens is 1. The molecule has 4 nitrogen and oxygen atoms in total. The molecule has 24 heavy (non-hydrogen) atoms. The summed E-state index contributed by atoms with van der Waals surface area (Å²) in [6.07, 6.45) is 0.645. The highest BCUT2D eigenvalue weighted by molar-refractivity contribution is 7.90. The van der Waals surface area contributed by atoms with Crippen LogP contribution in [0.1, 0.15) is 25.6 Å². The van der Waals surface area contributed by atoms with Gasteiger partial charge in [0.1, 0.15) is 6.10 Å². The van der Waals surface area contributed by atoms with Gasteiger partial charge in [0.15, 0.2) is 0 Å². The van der Waals surface area contributed by atoms with E-state index in [9.17, 15) is 13.5 Å². The predicted molar refractivity (Wildman–Crippen MR) is 95.4 cm³/mol. The topological polar surface area (TPSA) is 59.3 Å². The molecule has 1 unspecified atom stereocenters. The van der Waals surface area contributed by atoms with Crippen LogP contribution in [0.15, 0.2) is 77.2 Å². The van der Waals surface area contributed by atoms with E-state index in [4.69, 9.17) is 0 Å². The Morgan fingerprint density at radius 2 is 1.67 bits per heavy atom. The first-order valence-electron chi connectivity index (χ1n) is 7.65. The lowest BCUT2D eigenvalue weighted by molar-refractivity contribution is 0.222. The van der Waals surface area contributed by atoms with Gasteiger partial charge in [-0.05, 0) is 38.1 Å². The highest BCUT2D eigenvalue weighted by Gasteiger charge is 2.25. The number of nitrogens with zero attached hydrogens (tertiary/aromatic N) is 1. The fourth-order valence-electron chi connectivity index (χ4n) is 2.72. The molecule has 1 heterocycles. The third kappa shape index (κ3) is 2.88. The summed E-state index contributed by atoms with van der Waals surface area (Å²) < 4.78 is 27.5. The van der Waals surface area contributed by atoms with Crippen molar-refractivity contribution in [2.75, 3.05) is 0 Å². The van der Waals surface area contributed by atoms with Crippen molar-refractivity contribution in [3.05, 3.63) is 78.0 Å². The third-order valence-corrected chi connectivity index (χ3v) is 5.53. The summed E-state index contributed by atoms with van der Waals surface area (Å²) >= 11 is 0. The number of benzene rings is 2. The summed E-state index contributed by atoms with van der Waals surface area (Å²) in [6, 6.07) is 17.2. The summed E-state index contributed by atoms with van der Waals surface area (Å²) in [5.41, 5.74) is 1.80. The monoisotopic (exact) mass is 341 g/mol. The fraction of sp³-hybridized carbons (Fsp3) is 0.158. The van der Waals surface area contributed by atoms with Crippen LogP contribution < -0.4 is 0 Å². The van der Waals surface area contributed by atoms with Crippen LogP contribution >= 0.6 is 0 Å². The highest BCUT2D eigenvalue weighted by atomic mass is 32.2. The maximum Gasteiger partial charge on any atom is 0.268 e. The van der Waals surface area contributed by atoms with Crippen molar-refractivity contribution in [1.29, 1.82) is 0 Å². The molecule has 1 atom stereocenters. The number of aliphatic hydroxyl groups is 1. The molecule has 0 saturated carbocycles. The van der Waals surface area contributed by atoms with E-state index in [-0.39, 0.29) is 4.90 Å². The molecule has 0 aliphatic heterocycles. The van der Waals surface area contributed by atoms with Crippen molar-refractivity contribution < 1.29 is 13.5 Å². The van der Waals surface area contributed by atoms with Gasteiger partial charge < -0.3 is 5.11 Å². The Hall–Kier alpha value is -2.37. The zero-order valence-electron chi connectivity index (χ0n) is 13.5. The minimum absolute atomic E-state index is 0.192. The standard InChI is InChI=1S/C19H19NO3S/c1-14(2)12-19(21)18-13-15-8-6-7-11-17(15)20(18)24(22,23)16-9-4-3-5-10-16/h3-13,19,21H,1-2H3. The molecule has 2 aromatic carbocycles. The molecular formula is C19H19NO3S. The normalized spacial score (nSPS) is 13.0. The second kappa shape index (κ2) is 6.26. The van der Waals surface area contributed by atoms with Crippen molar-refractivity contribution in [3.8, 4) is 0 Å². The van der Waals surface area contributed by atoms with Gasteiger partial charge in [-0.25, -0.2) is 12.4 Å². The second-order valence-corrected chi connectivity index (χ2v) is 7.69. The Labute approximate surface area is 141 Å². The second-order valence-electron chi connectivity index (χ2n) is 5.90. The van der Waals surface area contributed by atoms with Gasteiger partial charge in [0.05, 0.1) is 16.1 Å². The van der Waals surface area contributed by atoms with Crippen LogP contribution in [-0.2, 0) is 10.0 Å². The van der Waals surface area contributed by atoms with E-state index in [1.807, 2.05) is 26.0 Å². The van der Waals surface area contributed by atoms with Crippen LogP contribution in [0.3, 0.4) is 0 Å². The van der Waals surface area contributed by atoms with Crippen molar-refractivity contribution in [1.82, 2.24) is 3.97 Å². The minimum atomic E-state index is -3.81. The molecule has 0 aliphatic carbocycles. The average Bonchev–Trinajstić information content (AvgIpc) is 2.95. The maximum absolute atomic E-state index is 13.2. The molecule has 1 aromatic heterocycles. The summed E-state index contributed by atoms with van der Waals surface area (Å²) in [6.45, 7) is 3.73. The Bertz CT molecular complexity index is 998. The summed E-state index contributed by atoms with van der Waals surface area (Å²) in [5.74, 6) is 0. The van der Waals surface area contributed by atoms with Crippen LogP contribution in [0.2, 0.25) is 0 Å². The zero-order chi connectivity index (χ0) is 17.3. The molecule has 5 heteroatoms. The molecule has 0 bridgehead atoms. The van der Waals surface area contributed by atoms with Gasteiger partial charge in [0.25, 0.3) is 10.0 Å². The molecule has 3 rings (SSSR count). The largest absolute Gasteiger partial charge is 0.383 e. The van der Waals surface area contributed by atoms with E-state index >= 15 is 0 Å². The molecule has 0 aliphatic rings. The molecule has 124 valence electrons. The molecule has 0 radical (unpaired) electrons. The van der Waals surface area contributed by atoms with Crippen molar-refractivity contribution in [2.45, 2.75) is 24.8 Å². The van der Waals surface area contributed by atoms with Crippen LogP contribution in [0.5, 0.6) is 0 Å². The molecule has 0 spiro atoms. The molecule has 0 amide bonds. The van der Waals surface area contributed by atoms with Gasteiger partial charge >= 0.3 is 0 Å². The van der Waals surface area contributed by atoms with Crippen molar-refractivity contribution in [3.63, 3.8) is 0 Å². The van der Waals surface area contributed by atoms with Gasteiger partial charge in [-0.15, -0.1) is 0 Å². The maximum atomic E-state index is 13.2. The Kier molecular flexibility index (Phi) is 4.30. The zero-order valence-corrected chi connectivity index (χ0v) is 14.4. The number of para-hydroxylation sites is 1. The third-order valence-electron chi connectivity index (χ3n) is 3.77. The van der Waals surface area contributed by atoms with E-state index in [0.717, 1.165) is 11.0 Å². The predicted octanol–water partition coefficient (Wildman–Crippen LogP) is 3.88. The summed E-state index contributed by atoms with van der Waals surface area (Å²) in [4.78, 5) is 0.192. The number of hydrogen-bond acceptors (Lipinski definition) is 3. The van der Waals surface area contributed by atoms with E-state index in [1.54, 1.807) is 54.6 Å². The Morgan fingerprint density at radius 1 is 1.04 bits per heavy atom. The lowest BCUT2D eigenvalue weighted by Crippen LogP contribution is -2.17. The first-order chi connectivity index (χ1) is 11.4. The van der Waals surface area contributed by atoms with Crippen LogP contribution in [0, 0.1) is 0 Å². The Balaban J connectivity index is 2.32. The van der Waals surface area contributed by atoms with E-state index < -0.39 is 16.1 Å². The van der Waals surface area contributed by atoms with Gasteiger partial charge in [0, 0.05) is 5.39 Å². The quantitative estimate of drug-likeness (QED) is 0.733. The highest BCUT2D eigenvalue weighted by Crippen LogP contribution is 2.30. The lowest BCUT2D eigenvalue weighted by Gasteiger charge is -2.14. The SMILES string of the molecule is CC(C)=CC(O)c1cc2ccccc2n1S(=O)(=O)c1ccccc1. The van der Waals surface area contributed by atoms with Gasteiger partial charge in [0.2, 0.25) is 0 Å². The molecule has 1 N–H and O–H groups in total. The number of aliphatic hydroxyl groups excluding tert-OH is 1. The van der Waals surface area contributed by atoms with Crippen LogP contribution in [0.4, 0.5) is 0 Å². The number of rotatable bonds is 4. The van der Waals surface area contributed by atoms with E-state index in [0.29, 0.717) is 11.2 Å². The lowest BCUT2D eigenvalue weighted by atomic mass is 10.2. The number of fused-ring (bicyclic) bond motifs is 1. The average molecular weight is 341 g/mol.